The van der Waals surface area contributed by atoms with Gasteiger partial charge in [-0.1, -0.05) is 202 Å². The Hall–Kier alpha value is -7.74. The van der Waals surface area contributed by atoms with Gasteiger partial charge < -0.3 is 4.90 Å². The first kappa shape index (κ1) is 36.1. The predicted molar refractivity (Wildman–Crippen MR) is 265 cm³/mol. The molecule has 0 spiro atoms. The minimum atomic E-state index is -0.0180. The van der Waals surface area contributed by atoms with Gasteiger partial charge in [-0.25, -0.2) is 0 Å². The van der Waals surface area contributed by atoms with Crippen LogP contribution in [0.3, 0.4) is 0 Å². The molecule has 0 aliphatic heterocycles. The normalized spacial score (nSPS) is 12.8. The molecule has 0 unspecified atom stereocenters. The summed E-state index contributed by atoms with van der Waals surface area (Å²) in [6.07, 6.45) is 0. The molecule has 1 heteroatoms. The van der Waals surface area contributed by atoms with Crippen LogP contribution in [-0.2, 0) is 5.41 Å². The average molecular weight is 790 g/mol. The molecule has 0 N–H and O–H groups in total. The molecule has 0 saturated heterocycles. The molecule has 11 aromatic carbocycles. The number of rotatable bonds is 6. The van der Waals surface area contributed by atoms with Gasteiger partial charge in [-0.15, -0.1) is 0 Å². The molecule has 0 saturated carbocycles. The van der Waals surface area contributed by atoms with Crippen molar-refractivity contribution in [2.24, 2.45) is 0 Å². The summed E-state index contributed by atoms with van der Waals surface area (Å²) in [6.45, 7) is 4.69. The Balaban J connectivity index is 1.03. The van der Waals surface area contributed by atoms with E-state index in [1.54, 1.807) is 0 Å². The van der Waals surface area contributed by atoms with E-state index in [1.165, 1.54) is 98.7 Å². The maximum absolute atomic E-state index is 2.44. The van der Waals surface area contributed by atoms with Crippen LogP contribution in [0.25, 0.3) is 87.6 Å². The summed E-state index contributed by atoms with van der Waals surface area (Å²) < 4.78 is 0. The zero-order valence-corrected chi connectivity index (χ0v) is 34.8. The minimum absolute atomic E-state index is 0.0180. The topological polar surface area (TPSA) is 3.24 Å². The van der Waals surface area contributed by atoms with Gasteiger partial charge in [-0.05, 0) is 130 Å². The highest BCUT2D eigenvalue weighted by Gasteiger charge is 2.35. The average Bonchev–Trinajstić information content (AvgIpc) is 3.57. The summed E-state index contributed by atoms with van der Waals surface area (Å²) in [5.74, 6) is 0. The minimum Gasteiger partial charge on any atom is -0.310 e. The second-order valence-corrected chi connectivity index (χ2v) is 17.3. The van der Waals surface area contributed by atoms with E-state index in [0.717, 1.165) is 17.1 Å². The van der Waals surface area contributed by atoms with Crippen molar-refractivity contribution in [3.8, 4) is 44.5 Å². The summed E-state index contributed by atoms with van der Waals surface area (Å²) in [5.41, 5.74) is 16.0. The molecule has 0 fully saturated rings. The molecule has 62 heavy (non-hydrogen) atoms. The SMILES string of the molecule is CC1(C)c2ccccc2-c2cc(-c3ccc(N(c4cccc(-c5ccccc5)c4)c4ccccc4-c4cccc5c4ccc4ccc6ccc7ccccc7c6c45)cc3)ccc21. The number of hydrogen-bond acceptors (Lipinski definition) is 1. The van der Waals surface area contributed by atoms with Crippen LogP contribution in [0.4, 0.5) is 17.1 Å². The van der Waals surface area contributed by atoms with Crippen molar-refractivity contribution in [3.05, 3.63) is 236 Å². The Bertz CT molecular complexity index is 3540. The second kappa shape index (κ2) is 14.2. The third-order valence-electron chi connectivity index (χ3n) is 13.4. The first-order chi connectivity index (χ1) is 30.5. The van der Waals surface area contributed by atoms with Crippen LogP contribution in [0.2, 0.25) is 0 Å². The fraction of sp³-hybridized carbons (Fsp3) is 0.0492. The van der Waals surface area contributed by atoms with Crippen molar-refractivity contribution < 1.29 is 0 Å². The summed E-state index contributed by atoms with van der Waals surface area (Å²) in [7, 11) is 0. The lowest BCUT2D eigenvalue weighted by molar-refractivity contribution is 0.660. The smallest absolute Gasteiger partial charge is 0.0540 e. The third kappa shape index (κ3) is 5.70. The molecule has 1 aliphatic carbocycles. The van der Waals surface area contributed by atoms with Crippen molar-refractivity contribution >= 4 is 60.2 Å². The van der Waals surface area contributed by atoms with Crippen LogP contribution in [0.5, 0.6) is 0 Å². The molecule has 0 heterocycles. The zero-order valence-electron chi connectivity index (χ0n) is 34.8. The van der Waals surface area contributed by atoms with Gasteiger partial charge >= 0.3 is 0 Å². The number of hydrogen-bond donors (Lipinski definition) is 0. The van der Waals surface area contributed by atoms with E-state index in [2.05, 4.69) is 243 Å². The predicted octanol–water partition coefficient (Wildman–Crippen LogP) is 17.1. The van der Waals surface area contributed by atoms with Crippen molar-refractivity contribution in [1.82, 2.24) is 0 Å². The summed E-state index contributed by atoms with van der Waals surface area (Å²) in [6, 6.07) is 83.0. The Morgan fingerprint density at radius 2 is 0.871 bits per heavy atom. The first-order valence-electron chi connectivity index (χ1n) is 21.7. The number of anilines is 3. The molecule has 0 amide bonds. The number of fused-ring (bicyclic) bond motifs is 10. The monoisotopic (exact) mass is 789 g/mol. The second-order valence-electron chi connectivity index (χ2n) is 17.3. The zero-order chi connectivity index (χ0) is 41.4. The highest BCUT2D eigenvalue weighted by atomic mass is 15.1. The van der Waals surface area contributed by atoms with E-state index in [0.29, 0.717) is 0 Å². The van der Waals surface area contributed by atoms with E-state index in [4.69, 9.17) is 0 Å². The molecule has 0 bridgehead atoms. The molecule has 0 atom stereocenters. The van der Waals surface area contributed by atoms with Crippen LogP contribution in [-0.4, -0.2) is 0 Å². The molecule has 0 radical (unpaired) electrons. The van der Waals surface area contributed by atoms with Crippen molar-refractivity contribution in [1.29, 1.82) is 0 Å². The van der Waals surface area contributed by atoms with Gasteiger partial charge in [0.2, 0.25) is 0 Å². The van der Waals surface area contributed by atoms with Crippen LogP contribution in [0.1, 0.15) is 25.0 Å². The van der Waals surface area contributed by atoms with Crippen LogP contribution in [0.15, 0.2) is 224 Å². The molecule has 11 aromatic rings. The van der Waals surface area contributed by atoms with Gasteiger partial charge in [0.05, 0.1) is 5.69 Å². The molecular weight excluding hydrogens is 747 g/mol. The van der Waals surface area contributed by atoms with Crippen molar-refractivity contribution in [2.75, 3.05) is 4.90 Å². The highest BCUT2D eigenvalue weighted by molar-refractivity contribution is 6.28. The Labute approximate surface area is 362 Å². The van der Waals surface area contributed by atoms with E-state index in [-0.39, 0.29) is 5.41 Å². The van der Waals surface area contributed by atoms with Gasteiger partial charge in [0, 0.05) is 22.4 Å². The Morgan fingerprint density at radius 3 is 1.71 bits per heavy atom. The van der Waals surface area contributed by atoms with E-state index < -0.39 is 0 Å². The van der Waals surface area contributed by atoms with Crippen LogP contribution in [0, 0.1) is 0 Å². The lowest BCUT2D eigenvalue weighted by Crippen LogP contribution is -2.14. The molecule has 12 rings (SSSR count). The summed E-state index contributed by atoms with van der Waals surface area (Å²) in [5, 5.41) is 10.2. The molecule has 1 nitrogen and oxygen atoms in total. The molecular formula is C61H43N. The quantitative estimate of drug-likeness (QED) is 0.152. The van der Waals surface area contributed by atoms with Gasteiger partial charge in [0.1, 0.15) is 0 Å². The summed E-state index contributed by atoms with van der Waals surface area (Å²) >= 11 is 0. The highest BCUT2D eigenvalue weighted by Crippen LogP contribution is 2.50. The summed E-state index contributed by atoms with van der Waals surface area (Å²) in [4.78, 5) is 2.44. The van der Waals surface area contributed by atoms with Crippen LogP contribution < -0.4 is 4.90 Å². The van der Waals surface area contributed by atoms with Gasteiger partial charge in [-0.2, -0.15) is 0 Å². The lowest BCUT2D eigenvalue weighted by atomic mass is 9.82. The fourth-order valence-electron chi connectivity index (χ4n) is 10.4. The largest absolute Gasteiger partial charge is 0.310 e. The Morgan fingerprint density at radius 1 is 0.306 bits per heavy atom. The number of nitrogens with zero attached hydrogens (tertiary/aromatic N) is 1. The molecule has 0 aromatic heterocycles. The third-order valence-corrected chi connectivity index (χ3v) is 13.4. The maximum Gasteiger partial charge on any atom is 0.0540 e. The van der Waals surface area contributed by atoms with Crippen molar-refractivity contribution in [2.45, 2.75) is 19.3 Å². The van der Waals surface area contributed by atoms with Gasteiger partial charge in [-0.3, -0.25) is 0 Å². The fourth-order valence-corrected chi connectivity index (χ4v) is 10.4. The number of benzene rings is 11. The van der Waals surface area contributed by atoms with Gasteiger partial charge in [0.25, 0.3) is 0 Å². The first-order valence-corrected chi connectivity index (χ1v) is 21.7. The van der Waals surface area contributed by atoms with Crippen LogP contribution >= 0.6 is 0 Å². The maximum atomic E-state index is 2.44. The molecule has 1 aliphatic rings. The lowest BCUT2D eigenvalue weighted by Gasteiger charge is -2.29. The van der Waals surface area contributed by atoms with Crippen molar-refractivity contribution in [3.63, 3.8) is 0 Å². The number of para-hydroxylation sites is 1. The molecule has 292 valence electrons. The van der Waals surface area contributed by atoms with E-state index in [9.17, 15) is 0 Å². The van der Waals surface area contributed by atoms with Gasteiger partial charge in [0.15, 0.2) is 0 Å². The standard InChI is InChI=1S/C61H43N/c1-61(2)56-24-10-8-20-52(56)55-39-46(33-37-57(55)61)41-30-34-47(35-31-41)62(48-18-12-17-45(38-48)40-14-4-3-5-15-40)58-25-11-9-21-53(58)50-22-13-23-54-51(50)36-32-44-29-28-43-27-26-42-16-6-7-19-49(42)59(43)60(44)54/h3-39H,1-2H3. The van der Waals surface area contributed by atoms with E-state index in [1.807, 2.05) is 0 Å². The van der Waals surface area contributed by atoms with E-state index >= 15 is 0 Å². The Kier molecular flexibility index (Phi) is 8.27.